The number of carbonyl (C=O) groups excluding carboxylic acids is 1. The summed E-state index contributed by atoms with van der Waals surface area (Å²) in [7, 11) is 0. The van der Waals surface area contributed by atoms with Crippen molar-refractivity contribution in [3.8, 4) is 0 Å². The van der Waals surface area contributed by atoms with Crippen molar-refractivity contribution < 1.29 is 19.1 Å². The van der Waals surface area contributed by atoms with Crippen LogP contribution in [0.15, 0.2) is 29.8 Å². The van der Waals surface area contributed by atoms with E-state index in [1.807, 2.05) is 0 Å². The molecule has 6 nitrogen and oxygen atoms in total. The van der Waals surface area contributed by atoms with E-state index in [1.165, 1.54) is 17.7 Å². The molecule has 0 spiro atoms. The number of aromatic amines is 1. The van der Waals surface area contributed by atoms with Crippen LogP contribution in [0.2, 0.25) is 0 Å². The van der Waals surface area contributed by atoms with Gasteiger partial charge in [0, 0.05) is 19.4 Å². The van der Waals surface area contributed by atoms with Gasteiger partial charge in [-0.2, -0.15) is 0 Å². The lowest BCUT2D eigenvalue weighted by atomic mass is 9.70. The van der Waals surface area contributed by atoms with E-state index in [-0.39, 0.29) is 30.5 Å². The van der Waals surface area contributed by atoms with Crippen molar-refractivity contribution in [2.24, 2.45) is 23.7 Å². The number of imidazole rings is 1. The molecule has 0 bridgehead atoms. The Morgan fingerprint density at radius 1 is 1.33 bits per heavy atom. The summed E-state index contributed by atoms with van der Waals surface area (Å²) < 4.78 is 13.5. The van der Waals surface area contributed by atoms with Crippen LogP contribution in [0.5, 0.6) is 0 Å². The number of benzene rings is 1. The van der Waals surface area contributed by atoms with E-state index in [9.17, 15) is 14.0 Å². The third-order valence-electron chi connectivity index (χ3n) is 6.12. The number of amides is 1. The van der Waals surface area contributed by atoms with E-state index in [1.54, 1.807) is 6.07 Å². The van der Waals surface area contributed by atoms with Gasteiger partial charge in [-0.3, -0.25) is 9.59 Å². The first-order valence-electron chi connectivity index (χ1n) is 10.5. The van der Waals surface area contributed by atoms with Crippen molar-refractivity contribution in [1.29, 1.82) is 0 Å². The molecule has 0 saturated carbocycles. The predicted molar refractivity (Wildman–Crippen MR) is 113 cm³/mol. The van der Waals surface area contributed by atoms with Gasteiger partial charge in [0.25, 0.3) is 0 Å². The Hall–Kier alpha value is -2.70. The van der Waals surface area contributed by atoms with Crippen molar-refractivity contribution in [1.82, 2.24) is 15.3 Å². The number of H-pyrrole nitrogens is 1. The summed E-state index contributed by atoms with van der Waals surface area (Å²) in [5, 5.41) is 11.6. The Bertz CT molecular complexity index is 950. The average molecular weight is 416 g/mol. The molecule has 0 radical (unpaired) electrons. The number of aromatic nitrogens is 2. The normalized spacial score (nSPS) is 21.6. The van der Waals surface area contributed by atoms with Gasteiger partial charge in [-0.25, -0.2) is 9.37 Å². The van der Waals surface area contributed by atoms with Crippen LogP contribution >= 0.6 is 0 Å². The Morgan fingerprint density at radius 3 is 2.80 bits per heavy atom. The van der Waals surface area contributed by atoms with Crippen molar-refractivity contribution in [3.63, 3.8) is 0 Å². The third kappa shape index (κ3) is 5.46. The van der Waals surface area contributed by atoms with Crippen LogP contribution in [-0.2, 0) is 16.0 Å². The van der Waals surface area contributed by atoms with E-state index >= 15 is 0 Å². The number of carboxylic acid groups (broad SMARTS) is 1. The minimum absolute atomic E-state index is 0.00632. The summed E-state index contributed by atoms with van der Waals surface area (Å²) in [5.41, 5.74) is 2.75. The zero-order chi connectivity index (χ0) is 21.8. The van der Waals surface area contributed by atoms with Gasteiger partial charge in [0.15, 0.2) is 0 Å². The summed E-state index contributed by atoms with van der Waals surface area (Å²) in [4.78, 5) is 30.4. The molecule has 2 aromatic rings. The SMILES string of the molecule is CC1=CC(CNC(=O)CCC(=O)O)C(C(C)C)CC1Cc1nc2ccc(F)cc2[nH]1. The van der Waals surface area contributed by atoms with Crippen LogP contribution in [0.1, 0.15) is 45.9 Å². The van der Waals surface area contributed by atoms with Gasteiger partial charge in [-0.15, -0.1) is 0 Å². The molecule has 1 heterocycles. The second-order valence-corrected chi connectivity index (χ2v) is 8.66. The van der Waals surface area contributed by atoms with Gasteiger partial charge in [0.05, 0.1) is 17.5 Å². The summed E-state index contributed by atoms with van der Waals surface area (Å²) in [5.74, 6) is 0.803. The van der Waals surface area contributed by atoms with Crippen LogP contribution in [0.4, 0.5) is 4.39 Å². The number of fused-ring (bicyclic) bond motifs is 1. The predicted octanol–water partition coefficient (Wildman–Crippen LogP) is 4.08. The molecule has 7 heteroatoms. The Morgan fingerprint density at radius 2 is 2.10 bits per heavy atom. The van der Waals surface area contributed by atoms with Crippen molar-refractivity contribution in [2.45, 2.75) is 46.5 Å². The largest absolute Gasteiger partial charge is 0.481 e. The Balaban J connectivity index is 1.68. The zero-order valence-corrected chi connectivity index (χ0v) is 17.7. The summed E-state index contributed by atoms with van der Waals surface area (Å²) in [6.07, 6.45) is 3.86. The molecule has 3 atom stereocenters. The first kappa shape index (κ1) is 22.0. The van der Waals surface area contributed by atoms with Crippen LogP contribution in [0.3, 0.4) is 0 Å². The van der Waals surface area contributed by atoms with Gasteiger partial charge >= 0.3 is 5.97 Å². The molecule has 0 saturated heterocycles. The number of hydrogen-bond donors (Lipinski definition) is 3. The first-order valence-corrected chi connectivity index (χ1v) is 10.5. The molecule has 3 N–H and O–H groups in total. The Kier molecular flexibility index (Phi) is 6.90. The van der Waals surface area contributed by atoms with Gasteiger partial charge < -0.3 is 15.4 Å². The zero-order valence-electron chi connectivity index (χ0n) is 17.7. The van der Waals surface area contributed by atoms with E-state index < -0.39 is 5.97 Å². The maximum absolute atomic E-state index is 13.5. The van der Waals surface area contributed by atoms with Gasteiger partial charge in [-0.1, -0.05) is 25.5 Å². The number of hydrogen-bond acceptors (Lipinski definition) is 3. The molecule has 0 fully saturated rings. The van der Waals surface area contributed by atoms with Gasteiger partial charge in [-0.05, 0) is 55.2 Å². The monoisotopic (exact) mass is 415 g/mol. The van der Waals surface area contributed by atoms with Gasteiger partial charge in [0.1, 0.15) is 11.6 Å². The van der Waals surface area contributed by atoms with Crippen LogP contribution < -0.4 is 5.32 Å². The molecule has 162 valence electrons. The quantitative estimate of drug-likeness (QED) is 0.566. The van der Waals surface area contributed by atoms with E-state index in [0.29, 0.717) is 29.8 Å². The molecule has 1 aromatic carbocycles. The van der Waals surface area contributed by atoms with Crippen molar-refractivity contribution >= 4 is 22.9 Å². The summed E-state index contributed by atoms with van der Waals surface area (Å²) in [6.45, 7) is 7.02. The molecule has 0 aliphatic heterocycles. The molecule has 1 amide bonds. The highest BCUT2D eigenvalue weighted by molar-refractivity contribution is 5.80. The number of halogens is 1. The number of carbonyl (C=O) groups is 2. The van der Waals surface area contributed by atoms with Crippen LogP contribution in [0.25, 0.3) is 11.0 Å². The third-order valence-corrected chi connectivity index (χ3v) is 6.12. The highest BCUT2D eigenvalue weighted by Crippen LogP contribution is 2.38. The average Bonchev–Trinajstić information content (AvgIpc) is 3.07. The van der Waals surface area contributed by atoms with Crippen molar-refractivity contribution in [3.05, 3.63) is 41.5 Å². The lowest BCUT2D eigenvalue weighted by Crippen LogP contribution is -2.37. The molecule has 3 unspecified atom stereocenters. The lowest BCUT2D eigenvalue weighted by molar-refractivity contribution is -0.138. The highest BCUT2D eigenvalue weighted by atomic mass is 19.1. The molecule has 3 rings (SSSR count). The fourth-order valence-electron chi connectivity index (χ4n) is 4.41. The second kappa shape index (κ2) is 9.41. The molecule has 1 aromatic heterocycles. The second-order valence-electron chi connectivity index (χ2n) is 8.66. The fourth-order valence-corrected chi connectivity index (χ4v) is 4.41. The van der Waals surface area contributed by atoms with E-state index in [4.69, 9.17) is 5.11 Å². The number of nitrogens with one attached hydrogen (secondary N) is 2. The number of aliphatic carboxylic acids is 1. The highest BCUT2D eigenvalue weighted by Gasteiger charge is 2.32. The molecule has 1 aliphatic rings. The Labute approximate surface area is 176 Å². The maximum Gasteiger partial charge on any atom is 0.303 e. The number of allylic oxidation sites excluding steroid dienone is 1. The van der Waals surface area contributed by atoms with E-state index in [2.05, 4.69) is 42.1 Å². The number of nitrogens with zero attached hydrogens (tertiary/aromatic N) is 1. The lowest BCUT2D eigenvalue weighted by Gasteiger charge is -2.37. The summed E-state index contributed by atoms with van der Waals surface area (Å²) in [6, 6.07) is 4.58. The first-order chi connectivity index (χ1) is 14.2. The fraction of sp³-hybridized carbons (Fsp3) is 0.522. The molecule has 30 heavy (non-hydrogen) atoms. The number of rotatable bonds is 8. The van der Waals surface area contributed by atoms with E-state index in [0.717, 1.165) is 24.2 Å². The van der Waals surface area contributed by atoms with Crippen LogP contribution in [0, 0.1) is 29.5 Å². The number of carboxylic acids is 1. The molecular formula is C23H30FN3O3. The summed E-state index contributed by atoms with van der Waals surface area (Å²) >= 11 is 0. The van der Waals surface area contributed by atoms with Gasteiger partial charge in [0.2, 0.25) is 5.91 Å². The molecular weight excluding hydrogens is 385 g/mol. The topological polar surface area (TPSA) is 95.1 Å². The maximum atomic E-state index is 13.5. The standard InChI is InChI=1S/C23H30FN3O3/c1-13(2)18-9-15(10-21-26-19-5-4-17(24)11-20(19)27-21)14(3)8-16(18)12-25-22(28)6-7-23(29)30/h4-5,8,11,13,15-16,18H,6-7,9-10,12H2,1-3H3,(H,25,28)(H,26,27)(H,29,30). The smallest absolute Gasteiger partial charge is 0.303 e. The minimum atomic E-state index is -0.963. The van der Waals surface area contributed by atoms with Crippen LogP contribution in [-0.4, -0.2) is 33.5 Å². The van der Waals surface area contributed by atoms with Crippen molar-refractivity contribution in [2.75, 3.05) is 6.54 Å². The molecule has 1 aliphatic carbocycles. The minimum Gasteiger partial charge on any atom is -0.481 e.